The minimum Gasteiger partial charge on any atom is -0.368 e. The Morgan fingerprint density at radius 3 is 2.58 bits per heavy atom. The number of hydrogen-bond donors (Lipinski definition) is 2. The van der Waals surface area contributed by atoms with Gasteiger partial charge >= 0.3 is 6.18 Å². The number of H-pyrrole nitrogens is 1. The highest BCUT2D eigenvalue weighted by Crippen LogP contribution is 2.41. The summed E-state index contributed by atoms with van der Waals surface area (Å²) in [7, 11) is 0. The van der Waals surface area contributed by atoms with Crippen molar-refractivity contribution < 1.29 is 18.0 Å². The van der Waals surface area contributed by atoms with Crippen LogP contribution in [0.2, 0.25) is 0 Å². The number of nitrogens with zero attached hydrogens (tertiary/aromatic N) is 4. The van der Waals surface area contributed by atoms with E-state index in [0.717, 1.165) is 23.2 Å². The first-order valence-corrected chi connectivity index (χ1v) is 10.7. The summed E-state index contributed by atoms with van der Waals surface area (Å²) in [4.78, 5) is 15.0. The first-order chi connectivity index (χ1) is 14.4. The molecule has 0 bridgehead atoms. The molecule has 170 valence electrons. The fraction of sp³-hybridized carbons (Fsp3) is 0.667. The van der Waals surface area contributed by atoms with Crippen LogP contribution in [0.1, 0.15) is 87.3 Å². The Morgan fingerprint density at radius 2 is 1.94 bits per heavy atom. The lowest BCUT2D eigenvalue weighted by molar-refractivity contribution is -0.173. The molecule has 4 rings (SSSR count). The number of fused-ring (bicyclic) bond motifs is 1. The number of aromatic nitrogens is 4. The fourth-order valence-electron chi connectivity index (χ4n) is 4.38. The molecule has 1 amide bonds. The van der Waals surface area contributed by atoms with E-state index in [0.29, 0.717) is 30.2 Å². The highest BCUT2D eigenvalue weighted by molar-refractivity contribution is 5.92. The van der Waals surface area contributed by atoms with Crippen LogP contribution in [0.3, 0.4) is 0 Å². The molecule has 0 spiro atoms. The Bertz CT molecular complexity index is 957. The Hall–Kier alpha value is -2.52. The van der Waals surface area contributed by atoms with Crippen LogP contribution in [0.4, 0.5) is 19.0 Å². The van der Waals surface area contributed by atoms with Crippen molar-refractivity contribution in [2.45, 2.75) is 83.1 Å². The number of nitrogens with one attached hydrogen (secondary N) is 2. The Kier molecular flexibility index (Phi) is 5.29. The van der Waals surface area contributed by atoms with Gasteiger partial charge in [-0.1, -0.05) is 20.8 Å². The van der Waals surface area contributed by atoms with Crippen LogP contribution in [0, 0.1) is 0 Å². The van der Waals surface area contributed by atoms with Crippen LogP contribution in [0.25, 0.3) is 0 Å². The van der Waals surface area contributed by atoms with Crippen molar-refractivity contribution in [1.82, 2.24) is 24.9 Å². The first kappa shape index (κ1) is 21.7. The van der Waals surface area contributed by atoms with Crippen molar-refractivity contribution in [3.05, 3.63) is 29.2 Å². The van der Waals surface area contributed by atoms with Gasteiger partial charge in [0.25, 0.3) is 5.91 Å². The number of hydrogen-bond acceptors (Lipinski definition) is 4. The summed E-state index contributed by atoms with van der Waals surface area (Å²) in [6.07, 6.45) is -2.07. The molecule has 0 radical (unpaired) electrons. The Labute approximate surface area is 179 Å². The fourth-order valence-corrected chi connectivity index (χ4v) is 4.38. The average Bonchev–Trinajstić information content (AvgIpc) is 3.33. The number of aromatic amines is 1. The van der Waals surface area contributed by atoms with Crippen molar-refractivity contribution in [1.29, 1.82) is 0 Å². The van der Waals surface area contributed by atoms with E-state index >= 15 is 0 Å². The van der Waals surface area contributed by atoms with Crippen LogP contribution in [0.5, 0.6) is 0 Å². The van der Waals surface area contributed by atoms with Crippen molar-refractivity contribution in [3.63, 3.8) is 0 Å². The van der Waals surface area contributed by atoms with Crippen molar-refractivity contribution in [3.8, 4) is 0 Å². The lowest BCUT2D eigenvalue weighted by Gasteiger charge is -2.34. The van der Waals surface area contributed by atoms with Gasteiger partial charge in [0.2, 0.25) is 0 Å². The maximum absolute atomic E-state index is 13.6. The molecule has 2 N–H and O–H groups in total. The van der Waals surface area contributed by atoms with E-state index in [4.69, 9.17) is 0 Å². The second-order valence-electron chi connectivity index (χ2n) is 9.66. The van der Waals surface area contributed by atoms with E-state index in [1.807, 2.05) is 20.8 Å². The second-order valence-corrected chi connectivity index (χ2v) is 9.66. The second kappa shape index (κ2) is 7.56. The van der Waals surface area contributed by atoms with Crippen molar-refractivity contribution in [2.24, 2.45) is 0 Å². The Morgan fingerprint density at radius 1 is 1.19 bits per heavy atom. The number of piperidine rings is 1. The SMILES string of the molecule is C[C@@H]1C[C@H](C(F)(F)F)n2nc([C@@H]3CCCCN3C(=O)c3cc(C(C)(C)C)[nH]n3)cc2N1. The highest BCUT2D eigenvalue weighted by atomic mass is 19.4. The molecule has 2 aromatic heterocycles. The molecule has 2 aliphatic heterocycles. The van der Waals surface area contributed by atoms with E-state index in [2.05, 4.69) is 20.6 Å². The molecular formula is C21H29F3N6O. The summed E-state index contributed by atoms with van der Waals surface area (Å²) in [5.74, 6) is 0.125. The molecule has 0 aliphatic carbocycles. The number of carbonyl (C=O) groups is 1. The highest BCUT2D eigenvalue weighted by Gasteiger charge is 2.46. The number of halogens is 3. The van der Waals surface area contributed by atoms with E-state index in [1.54, 1.807) is 24.0 Å². The van der Waals surface area contributed by atoms with Crippen LogP contribution in [-0.4, -0.2) is 49.5 Å². The molecular weight excluding hydrogens is 409 g/mol. The minimum atomic E-state index is -4.38. The van der Waals surface area contributed by atoms with Gasteiger partial charge in [0.1, 0.15) is 11.5 Å². The van der Waals surface area contributed by atoms with E-state index in [1.165, 1.54) is 0 Å². The van der Waals surface area contributed by atoms with E-state index < -0.39 is 12.2 Å². The zero-order valence-electron chi connectivity index (χ0n) is 18.3. The van der Waals surface area contributed by atoms with Gasteiger partial charge in [-0.3, -0.25) is 9.89 Å². The maximum atomic E-state index is 13.6. The molecule has 0 unspecified atom stereocenters. The van der Waals surface area contributed by atoms with Crippen molar-refractivity contribution in [2.75, 3.05) is 11.9 Å². The Balaban J connectivity index is 1.64. The predicted molar refractivity (Wildman–Crippen MR) is 110 cm³/mol. The summed E-state index contributed by atoms with van der Waals surface area (Å²) in [6, 6.07) is 1.07. The summed E-state index contributed by atoms with van der Waals surface area (Å²) in [5.41, 5.74) is 1.49. The molecule has 4 heterocycles. The van der Waals surface area contributed by atoms with Gasteiger partial charge in [0.05, 0.1) is 11.7 Å². The molecule has 2 aromatic rings. The molecule has 2 aliphatic rings. The van der Waals surface area contributed by atoms with E-state index in [-0.39, 0.29) is 29.8 Å². The molecule has 7 nitrogen and oxygen atoms in total. The third kappa shape index (κ3) is 4.16. The lowest BCUT2D eigenvalue weighted by Crippen LogP contribution is -2.39. The largest absolute Gasteiger partial charge is 0.410 e. The van der Waals surface area contributed by atoms with Crippen LogP contribution in [0.15, 0.2) is 12.1 Å². The van der Waals surface area contributed by atoms with Gasteiger partial charge in [0.15, 0.2) is 6.04 Å². The number of rotatable bonds is 2. The summed E-state index contributed by atoms with van der Waals surface area (Å²) in [6.45, 7) is 8.34. The van der Waals surface area contributed by atoms with Gasteiger partial charge in [-0.2, -0.15) is 23.4 Å². The molecule has 1 saturated heterocycles. The maximum Gasteiger partial charge on any atom is 0.410 e. The molecule has 31 heavy (non-hydrogen) atoms. The van der Waals surface area contributed by atoms with Gasteiger partial charge < -0.3 is 10.2 Å². The topological polar surface area (TPSA) is 78.8 Å². The average molecular weight is 438 g/mol. The third-order valence-electron chi connectivity index (χ3n) is 6.11. The molecule has 10 heteroatoms. The zero-order chi connectivity index (χ0) is 22.6. The normalized spacial score (nSPS) is 24.6. The number of carbonyl (C=O) groups excluding carboxylic acids is 1. The number of likely N-dealkylation sites (tertiary alicyclic amines) is 1. The van der Waals surface area contributed by atoms with Gasteiger partial charge in [-0.25, -0.2) is 4.68 Å². The van der Waals surface area contributed by atoms with Gasteiger partial charge in [0, 0.05) is 29.8 Å². The summed E-state index contributed by atoms with van der Waals surface area (Å²) >= 11 is 0. The number of anilines is 1. The van der Waals surface area contributed by atoms with Gasteiger partial charge in [-0.15, -0.1) is 0 Å². The molecule has 3 atom stereocenters. The summed E-state index contributed by atoms with van der Waals surface area (Å²) in [5, 5.41) is 14.6. The van der Waals surface area contributed by atoms with Crippen LogP contribution >= 0.6 is 0 Å². The standard InChI is InChI=1S/C21H29F3N6O/c1-12-9-17(21(22,23)24)30-18(25-12)11-13(28-30)15-7-5-6-8-29(15)19(31)14-10-16(27-26-14)20(2,3)4/h10-12,15,17,25H,5-9H2,1-4H3,(H,26,27)/t12-,15+,17-/m1/s1. The predicted octanol–water partition coefficient (Wildman–Crippen LogP) is 4.58. The first-order valence-electron chi connectivity index (χ1n) is 10.7. The molecule has 0 aromatic carbocycles. The third-order valence-corrected chi connectivity index (χ3v) is 6.11. The number of amides is 1. The van der Waals surface area contributed by atoms with E-state index in [9.17, 15) is 18.0 Å². The lowest BCUT2D eigenvalue weighted by atomic mass is 9.92. The minimum absolute atomic E-state index is 0.0756. The van der Waals surface area contributed by atoms with Gasteiger partial charge in [-0.05, 0) is 38.7 Å². The van der Waals surface area contributed by atoms with Crippen LogP contribution in [-0.2, 0) is 5.41 Å². The monoisotopic (exact) mass is 438 g/mol. The summed E-state index contributed by atoms with van der Waals surface area (Å²) < 4.78 is 41.9. The molecule has 0 saturated carbocycles. The zero-order valence-corrected chi connectivity index (χ0v) is 18.3. The van der Waals surface area contributed by atoms with Crippen LogP contribution < -0.4 is 5.32 Å². The number of alkyl halides is 3. The van der Waals surface area contributed by atoms with Crippen molar-refractivity contribution >= 4 is 11.7 Å². The molecule has 1 fully saturated rings. The smallest absolute Gasteiger partial charge is 0.368 e. The quantitative estimate of drug-likeness (QED) is 0.720.